The van der Waals surface area contributed by atoms with E-state index in [4.69, 9.17) is 9.84 Å². The van der Waals surface area contributed by atoms with Crippen molar-refractivity contribution in [2.75, 3.05) is 13.2 Å². The molecule has 0 amide bonds. The lowest BCUT2D eigenvalue weighted by Gasteiger charge is -2.12. The van der Waals surface area contributed by atoms with Crippen LogP contribution in [0.5, 0.6) is 5.75 Å². The van der Waals surface area contributed by atoms with Crippen molar-refractivity contribution in [3.05, 3.63) is 28.2 Å². The minimum Gasteiger partial charge on any atom is -0.492 e. The number of benzene rings is 1. The zero-order valence-corrected chi connectivity index (χ0v) is 9.45. The van der Waals surface area contributed by atoms with Crippen molar-refractivity contribution in [2.45, 2.75) is 6.04 Å². The standard InChI is InChI=1S/C10H10BrNO3/c11-6-1-2-8-7(5-6)9(10(13)14)12-3-4-15-8/h1-2,5,9,12H,3-4H2,(H,13,14)/t9-/m0/s1. The van der Waals surface area contributed by atoms with Crippen LogP contribution < -0.4 is 10.1 Å². The Kier molecular flexibility index (Phi) is 2.93. The smallest absolute Gasteiger partial charge is 0.325 e. The first-order valence-electron chi connectivity index (χ1n) is 4.57. The third-order valence-corrected chi connectivity index (χ3v) is 2.73. The van der Waals surface area contributed by atoms with Crippen molar-refractivity contribution < 1.29 is 14.6 Å². The third kappa shape index (κ3) is 2.13. The lowest BCUT2D eigenvalue weighted by molar-refractivity contribution is -0.139. The Morgan fingerprint density at radius 3 is 3.13 bits per heavy atom. The van der Waals surface area contributed by atoms with E-state index >= 15 is 0 Å². The van der Waals surface area contributed by atoms with Gasteiger partial charge in [-0.05, 0) is 18.2 Å². The van der Waals surface area contributed by atoms with Gasteiger partial charge in [-0.25, -0.2) is 0 Å². The van der Waals surface area contributed by atoms with E-state index in [2.05, 4.69) is 21.2 Å². The van der Waals surface area contributed by atoms with E-state index in [1.165, 1.54) is 0 Å². The predicted molar refractivity (Wildman–Crippen MR) is 58.0 cm³/mol. The van der Waals surface area contributed by atoms with Gasteiger partial charge in [-0.2, -0.15) is 0 Å². The Bertz CT molecular complexity index is 394. The molecule has 0 aliphatic carbocycles. The Morgan fingerprint density at radius 2 is 2.40 bits per heavy atom. The molecule has 1 aliphatic rings. The largest absolute Gasteiger partial charge is 0.492 e. The van der Waals surface area contributed by atoms with E-state index in [-0.39, 0.29) is 0 Å². The summed E-state index contributed by atoms with van der Waals surface area (Å²) in [6.45, 7) is 1.02. The van der Waals surface area contributed by atoms with Crippen LogP contribution in [0.3, 0.4) is 0 Å². The predicted octanol–water partition coefficient (Wildman–Crippen LogP) is 1.56. The lowest BCUT2D eigenvalue weighted by atomic mass is 10.1. The maximum Gasteiger partial charge on any atom is 0.325 e. The molecule has 0 saturated carbocycles. The van der Waals surface area contributed by atoms with Gasteiger partial charge in [0.15, 0.2) is 0 Å². The van der Waals surface area contributed by atoms with Crippen LogP contribution in [0.2, 0.25) is 0 Å². The molecule has 0 saturated heterocycles. The van der Waals surface area contributed by atoms with Crippen molar-refractivity contribution >= 4 is 21.9 Å². The number of carboxylic acids is 1. The maximum atomic E-state index is 11.0. The normalized spacial score (nSPS) is 19.9. The number of carbonyl (C=O) groups is 1. The Labute approximate surface area is 95.4 Å². The second-order valence-electron chi connectivity index (χ2n) is 3.26. The number of nitrogens with one attached hydrogen (secondary N) is 1. The molecule has 2 N–H and O–H groups in total. The molecule has 15 heavy (non-hydrogen) atoms. The van der Waals surface area contributed by atoms with Gasteiger partial charge < -0.3 is 9.84 Å². The molecule has 0 radical (unpaired) electrons. The molecule has 1 aliphatic heterocycles. The minimum absolute atomic E-state index is 0.485. The van der Waals surface area contributed by atoms with E-state index in [9.17, 15) is 4.79 Å². The van der Waals surface area contributed by atoms with Crippen LogP contribution >= 0.6 is 15.9 Å². The first-order valence-corrected chi connectivity index (χ1v) is 5.36. The second kappa shape index (κ2) is 4.20. The van der Waals surface area contributed by atoms with Crippen LogP contribution in [0, 0.1) is 0 Å². The fourth-order valence-corrected chi connectivity index (χ4v) is 1.95. The van der Waals surface area contributed by atoms with Crippen LogP contribution in [0.1, 0.15) is 11.6 Å². The summed E-state index contributed by atoms with van der Waals surface area (Å²) in [7, 11) is 0. The Balaban J connectivity index is 2.46. The van der Waals surface area contributed by atoms with Gasteiger partial charge in [0.25, 0.3) is 0 Å². The van der Waals surface area contributed by atoms with E-state index in [1.807, 2.05) is 6.07 Å². The third-order valence-electron chi connectivity index (χ3n) is 2.24. The number of hydrogen-bond acceptors (Lipinski definition) is 3. The molecule has 0 spiro atoms. The van der Waals surface area contributed by atoms with E-state index in [0.29, 0.717) is 24.5 Å². The van der Waals surface area contributed by atoms with Crippen molar-refractivity contribution in [1.82, 2.24) is 5.32 Å². The Hall–Kier alpha value is -1.07. The molecule has 0 unspecified atom stereocenters. The van der Waals surface area contributed by atoms with Crippen molar-refractivity contribution in [1.29, 1.82) is 0 Å². The summed E-state index contributed by atoms with van der Waals surface area (Å²) in [5.74, 6) is -0.254. The van der Waals surface area contributed by atoms with E-state index in [1.54, 1.807) is 12.1 Å². The number of aliphatic carboxylic acids is 1. The molecule has 1 aromatic rings. The van der Waals surface area contributed by atoms with Crippen LogP contribution in [-0.4, -0.2) is 24.2 Å². The Morgan fingerprint density at radius 1 is 1.60 bits per heavy atom. The summed E-state index contributed by atoms with van der Waals surface area (Å²) in [4.78, 5) is 11.0. The second-order valence-corrected chi connectivity index (χ2v) is 4.17. The summed E-state index contributed by atoms with van der Waals surface area (Å²) in [5.41, 5.74) is 0.661. The molecular weight excluding hydrogens is 262 g/mol. The number of fused-ring (bicyclic) bond motifs is 1. The zero-order valence-electron chi connectivity index (χ0n) is 7.87. The molecule has 0 aromatic heterocycles. The average Bonchev–Trinajstić information content (AvgIpc) is 2.39. The van der Waals surface area contributed by atoms with Crippen LogP contribution in [0.4, 0.5) is 0 Å². The first-order chi connectivity index (χ1) is 7.18. The number of ether oxygens (including phenoxy) is 1. The minimum atomic E-state index is -0.889. The summed E-state index contributed by atoms with van der Waals surface area (Å²) in [6, 6.07) is 4.69. The van der Waals surface area contributed by atoms with Crippen LogP contribution in [0.15, 0.2) is 22.7 Å². The van der Waals surface area contributed by atoms with Crippen molar-refractivity contribution in [3.8, 4) is 5.75 Å². The molecule has 0 fully saturated rings. The van der Waals surface area contributed by atoms with Gasteiger partial charge >= 0.3 is 5.97 Å². The lowest BCUT2D eigenvalue weighted by Crippen LogP contribution is -2.29. The maximum absolute atomic E-state index is 11.0. The summed E-state index contributed by atoms with van der Waals surface area (Å²) in [5, 5.41) is 12.0. The number of rotatable bonds is 1. The monoisotopic (exact) mass is 271 g/mol. The summed E-state index contributed by atoms with van der Waals surface area (Å²) in [6.07, 6.45) is 0. The fraction of sp³-hybridized carbons (Fsp3) is 0.300. The van der Waals surface area contributed by atoms with Gasteiger partial charge in [-0.1, -0.05) is 15.9 Å². The molecule has 80 valence electrons. The zero-order chi connectivity index (χ0) is 10.8. The molecule has 1 aromatic carbocycles. The van der Waals surface area contributed by atoms with Gasteiger partial charge in [-0.15, -0.1) is 0 Å². The van der Waals surface area contributed by atoms with Gasteiger partial charge in [0.1, 0.15) is 18.4 Å². The first kappa shape index (κ1) is 10.4. The molecule has 4 nitrogen and oxygen atoms in total. The van der Waals surface area contributed by atoms with Gasteiger partial charge in [0.05, 0.1) is 0 Å². The molecule has 1 heterocycles. The highest BCUT2D eigenvalue weighted by Gasteiger charge is 2.25. The highest BCUT2D eigenvalue weighted by molar-refractivity contribution is 9.10. The molecule has 5 heteroatoms. The highest BCUT2D eigenvalue weighted by Crippen LogP contribution is 2.30. The summed E-state index contributed by atoms with van der Waals surface area (Å²) < 4.78 is 6.28. The average molecular weight is 272 g/mol. The van der Waals surface area contributed by atoms with Crippen LogP contribution in [-0.2, 0) is 4.79 Å². The fourth-order valence-electron chi connectivity index (χ4n) is 1.57. The van der Waals surface area contributed by atoms with Gasteiger partial charge in [0.2, 0.25) is 0 Å². The molecule has 2 rings (SSSR count). The molecule has 1 atom stereocenters. The number of carboxylic acid groups (broad SMARTS) is 1. The van der Waals surface area contributed by atoms with E-state index < -0.39 is 12.0 Å². The van der Waals surface area contributed by atoms with E-state index in [0.717, 1.165) is 4.47 Å². The van der Waals surface area contributed by atoms with Crippen LogP contribution in [0.25, 0.3) is 0 Å². The van der Waals surface area contributed by atoms with Gasteiger partial charge in [-0.3, -0.25) is 10.1 Å². The quantitative estimate of drug-likeness (QED) is 0.814. The number of hydrogen-bond donors (Lipinski definition) is 2. The topological polar surface area (TPSA) is 58.6 Å². The van der Waals surface area contributed by atoms with Crippen molar-refractivity contribution in [3.63, 3.8) is 0 Å². The summed E-state index contributed by atoms with van der Waals surface area (Å²) >= 11 is 3.32. The van der Waals surface area contributed by atoms with Gasteiger partial charge in [0, 0.05) is 16.6 Å². The number of halogens is 1. The highest BCUT2D eigenvalue weighted by atomic mass is 79.9. The SMILES string of the molecule is O=C(O)[C@H]1NCCOc2ccc(Br)cc21. The molecule has 0 bridgehead atoms. The van der Waals surface area contributed by atoms with Crippen molar-refractivity contribution in [2.24, 2.45) is 0 Å². The molecular formula is C10H10BrNO3.